The number of carbonyl (C=O) groups is 1. The van der Waals surface area contributed by atoms with Gasteiger partial charge in [0.15, 0.2) is 0 Å². The Labute approximate surface area is 169 Å². The smallest absolute Gasteiger partial charge is 0.261 e. The molecule has 28 heavy (non-hydrogen) atoms. The van der Waals surface area contributed by atoms with Crippen LogP contribution in [0.3, 0.4) is 0 Å². The van der Waals surface area contributed by atoms with Gasteiger partial charge in [0, 0.05) is 23.8 Å². The minimum absolute atomic E-state index is 0.0676. The van der Waals surface area contributed by atoms with Crippen LogP contribution in [-0.4, -0.2) is 36.5 Å². The van der Waals surface area contributed by atoms with Crippen LogP contribution in [0.4, 0.5) is 0 Å². The second kappa shape index (κ2) is 7.32. The maximum Gasteiger partial charge on any atom is 0.261 e. The first-order chi connectivity index (χ1) is 13.7. The number of carbonyl (C=O) groups excluding carboxylic acids is 1. The highest BCUT2D eigenvalue weighted by Gasteiger charge is 2.35. The molecule has 0 aliphatic carbocycles. The molecule has 3 aliphatic rings. The van der Waals surface area contributed by atoms with Gasteiger partial charge < -0.3 is 16.0 Å². The number of nitrogens with one attached hydrogen (secondary N) is 1. The Bertz CT molecular complexity index is 1020. The zero-order valence-corrected chi connectivity index (χ0v) is 16.7. The summed E-state index contributed by atoms with van der Waals surface area (Å²) in [5.41, 5.74) is 9.39. The second-order valence-electron chi connectivity index (χ2n) is 7.91. The third-order valence-electron chi connectivity index (χ3n) is 6.27. The van der Waals surface area contributed by atoms with Gasteiger partial charge in [0.1, 0.15) is 0 Å². The third-order valence-corrected chi connectivity index (χ3v) is 7.45. The molecule has 1 atom stereocenters. The molecule has 0 unspecified atom stereocenters. The first-order valence-corrected chi connectivity index (χ1v) is 10.9. The monoisotopic (exact) mass is 391 g/mol. The molecule has 3 aliphatic heterocycles. The Morgan fingerprint density at radius 3 is 2.64 bits per heavy atom. The van der Waals surface area contributed by atoms with Gasteiger partial charge in [-0.1, -0.05) is 42.5 Å². The van der Waals surface area contributed by atoms with Gasteiger partial charge in [-0.15, -0.1) is 11.3 Å². The van der Waals surface area contributed by atoms with Crippen LogP contribution < -0.4 is 11.1 Å². The number of thiophene rings is 1. The van der Waals surface area contributed by atoms with Gasteiger partial charge in [-0.25, -0.2) is 0 Å². The van der Waals surface area contributed by atoms with Crippen LogP contribution in [0.25, 0.3) is 21.2 Å². The lowest BCUT2D eigenvalue weighted by molar-refractivity contribution is 0.0622. The molecule has 0 radical (unpaired) electrons. The van der Waals surface area contributed by atoms with Crippen molar-refractivity contribution in [1.82, 2.24) is 10.2 Å². The van der Waals surface area contributed by atoms with Crippen LogP contribution in [0.15, 0.2) is 48.5 Å². The molecule has 2 bridgehead atoms. The zero-order chi connectivity index (χ0) is 19.1. The molecule has 3 aromatic rings. The van der Waals surface area contributed by atoms with Crippen molar-refractivity contribution in [2.75, 3.05) is 19.6 Å². The minimum Gasteiger partial charge on any atom is -0.347 e. The molecular weight excluding hydrogens is 366 g/mol. The second-order valence-corrected chi connectivity index (χ2v) is 8.97. The molecule has 6 rings (SSSR count). The fourth-order valence-electron chi connectivity index (χ4n) is 4.72. The summed E-state index contributed by atoms with van der Waals surface area (Å²) in [6, 6.07) is 16.9. The summed E-state index contributed by atoms with van der Waals surface area (Å²) in [5.74, 6) is 0.702. The van der Waals surface area contributed by atoms with Gasteiger partial charge in [0.2, 0.25) is 0 Å². The predicted molar refractivity (Wildman–Crippen MR) is 116 cm³/mol. The van der Waals surface area contributed by atoms with E-state index in [1.165, 1.54) is 25.9 Å². The molecule has 0 spiro atoms. The average Bonchev–Trinajstić information content (AvgIpc) is 3.19. The van der Waals surface area contributed by atoms with Gasteiger partial charge in [-0.05, 0) is 60.0 Å². The first kappa shape index (κ1) is 17.9. The van der Waals surface area contributed by atoms with Crippen LogP contribution in [0.5, 0.6) is 0 Å². The Morgan fingerprint density at radius 2 is 1.89 bits per heavy atom. The van der Waals surface area contributed by atoms with E-state index in [-0.39, 0.29) is 11.9 Å². The molecule has 1 aromatic heterocycles. The Kier molecular flexibility index (Phi) is 4.67. The first-order valence-electron chi connectivity index (χ1n) is 10.1. The maximum absolute atomic E-state index is 13.0. The van der Waals surface area contributed by atoms with Gasteiger partial charge in [-0.3, -0.25) is 4.79 Å². The molecule has 3 saturated heterocycles. The largest absolute Gasteiger partial charge is 0.347 e. The summed E-state index contributed by atoms with van der Waals surface area (Å²) < 4.78 is 1.16. The number of rotatable bonds is 4. The minimum atomic E-state index is 0.0676. The Morgan fingerprint density at radius 1 is 1.11 bits per heavy atom. The topological polar surface area (TPSA) is 58.4 Å². The van der Waals surface area contributed by atoms with Crippen molar-refractivity contribution < 1.29 is 4.79 Å². The number of fused-ring (bicyclic) bond motifs is 4. The predicted octanol–water partition coefficient (Wildman–Crippen LogP) is 3.85. The van der Waals surface area contributed by atoms with Crippen molar-refractivity contribution in [3.63, 3.8) is 0 Å². The fraction of sp³-hybridized carbons (Fsp3) is 0.348. The van der Waals surface area contributed by atoms with Crippen LogP contribution in [-0.2, 0) is 6.54 Å². The molecule has 3 fully saturated rings. The van der Waals surface area contributed by atoms with E-state index in [1.54, 1.807) is 11.3 Å². The van der Waals surface area contributed by atoms with Crippen molar-refractivity contribution in [3.8, 4) is 11.1 Å². The molecular formula is C23H25N3OS. The standard InChI is InChI=1S/C23H25N3OS/c24-13-17-4-1-2-6-18(17)19-7-3-5-16-12-21(28-22(16)19)23(27)25-20-14-26-10-8-15(20)9-11-26/h1-7,12,15,20H,8-11,13-14,24H2,(H,25,27)/t20-/m0/s1. The highest BCUT2D eigenvalue weighted by Crippen LogP contribution is 2.36. The molecule has 4 nitrogen and oxygen atoms in total. The number of nitrogens with two attached hydrogens (primary N) is 1. The summed E-state index contributed by atoms with van der Waals surface area (Å²) in [7, 11) is 0. The average molecular weight is 392 g/mol. The lowest BCUT2D eigenvalue weighted by Crippen LogP contribution is -2.57. The molecule has 3 N–H and O–H groups in total. The van der Waals surface area contributed by atoms with Gasteiger partial charge in [0.05, 0.1) is 4.88 Å². The molecule has 1 amide bonds. The molecule has 5 heteroatoms. The fourth-order valence-corrected chi connectivity index (χ4v) is 5.81. The van der Waals surface area contributed by atoms with E-state index < -0.39 is 0 Å². The maximum atomic E-state index is 13.0. The van der Waals surface area contributed by atoms with Gasteiger partial charge in [0.25, 0.3) is 5.91 Å². The number of amides is 1. The van der Waals surface area contributed by atoms with Crippen LogP contribution in [0.1, 0.15) is 28.1 Å². The van der Waals surface area contributed by atoms with E-state index in [9.17, 15) is 4.79 Å². The van der Waals surface area contributed by atoms with E-state index in [0.29, 0.717) is 12.5 Å². The van der Waals surface area contributed by atoms with Gasteiger partial charge >= 0.3 is 0 Å². The Balaban J connectivity index is 1.46. The van der Waals surface area contributed by atoms with E-state index in [1.807, 2.05) is 18.2 Å². The van der Waals surface area contributed by atoms with Crippen molar-refractivity contribution in [2.24, 2.45) is 11.7 Å². The molecule has 144 valence electrons. The summed E-state index contributed by atoms with van der Waals surface area (Å²) in [6.45, 7) is 3.87. The normalized spacial score (nSPS) is 23.8. The summed E-state index contributed by atoms with van der Waals surface area (Å²) in [6.07, 6.45) is 2.41. The summed E-state index contributed by atoms with van der Waals surface area (Å²) in [4.78, 5) is 16.3. The zero-order valence-electron chi connectivity index (χ0n) is 15.9. The number of nitrogens with zero attached hydrogens (tertiary/aromatic N) is 1. The lowest BCUT2D eigenvalue weighted by atomic mass is 9.84. The highest BCUT2D eigenvalue weighted by molar-refractivity contribution is 7.21. The van der Waals surface area contributed by atoms with Crippen molar-refractivity contribution in [3.05, 3.63) is 59.0 Å². The van der Waals surface area contributed by atoms with Crippen molar-refractivity contribution in [1.29, 1.82) is 0 Å². The van der Waals surface area contributed by atoms with Gasteiger partial charge in [-0.2, -0.15) is 0 Å². The molecule has 4 heterocycles. The quantitative estimate of drug-likeness (QED) is 0.710. The van der Waals surface area contributed by atoms with E-state index in [0.717, 1.165) is 38.2 Å². The number of hydrogen-bond donors (Lipinski definition) is 2. The van der Waals surface area contributed by atoms with E-state index >= 15 is 0 Å². The SMILES string of the molecule is NCc1ccccc1-c1cccc2cc(C(=O)N[C@H]3CN4CCC3CC4)sc12. The lowest BCUT2D eigenvalue weighted by Gasteiger charge is -2.44. The van der Waals surface area contributed by atoms with Crippen LogP contribution >= 0.6 is 11.3 Å². The molecule has 0 saturated carbocycles. The summed E-state index contributed by atoms with van der Waals surface area (Å²) >= 11 is 1.59. The number of benzene rings is 2. The van der Waals surface area contributed by atoms with E-state index in [4.69, 9.17) is 5.73 Å². The number of hydrogen-bond acceptors (Lipinski definition) is 4. The summed E-state index contributed by atoms with van der Waals surface area (Å²) in [5, 5.41) is 4.44. The van der Waals surface area contributed by atoms with Crippen molar-refractivity contribution >= 4 is 27.3 Å². The Hall–Kier alpha value is -2.21. The highest BCUT2D eigenvalue weighted by atomic mass is 32.1. The number of piperidine rings is 3. The van der Waals surface area contributed by atoms with Crippen molar-refractivity contribution in [2.45, 2.75) is 25.4 Å². The van der Waals surface area contributed by atoms with E-state index in [2.05, 4.69) is 40.5 Å². The molecule has 2 aromatic carbocycles. The third kappa shape index (κ3) is 3.13. The van der Waals surface area contributed by atoms with Crippen LogP contribution in [0, 0.1) is 5.92 Å². The van der Waals surface area contributed by atoms with Crippen LogP contribution in [0.2, 0.25) is 0 Å².